The van der Waals surface area contributed by atoms with Crippen LogP contribution >= 0.6 is 0 Å². The molecule has 1 aromatic rings. The lowest BCUT2D eigenvalue weighted by Gasteiger charge is -2.28. The van der Waals surface area contributed by atoms with Gasteiger partial charge in [0.05, 0.1) is 6.04 Å². The number of primary amides is 1. The largest absolute Gasteiger partial charge is 0.368 e. The topological polar surface area (TPSA) is 72.9 Å². The standard InChI is InChI=1S/C12H20N4O/c1-16-10(5-7-15-16)3-2-9-4-6-14-11(8-9)12(13)17/h5,7,9,11,14H,2-4,6,8H2,1H3,(H2,13,17). The highest BCUT2D eigenvalue weighted by Crippen LogP contribution is 2.21. The summed E-state index contributed by atoms with van der Waals surface area (Å²) < 4.78 is 1.91. The Hall–Kier alpha value is -1.36. The zero-order valence-electron chi connectivity index (χ0n) is 10.2. The molecule has 2 atom stereocenters. The fourth-order valence-electron chi connectivity index (χ4n) is 2.47. The van der Waals surface area contributed by atoms with Crippen LogP contribution in [0, 0.1) is 5.92 Å². The van der Waals surface area contributed by atoms with Crippen molar-refractivity contribution in [1.82, 2.24) is 15.1 Å². The number of carbonyl (C=O) groups is 1. The fourth-order valence-corrected chi connectivity index (χ4v) is 2.47. The zero-order valence-corrected chi connectivity index (χ0v) is 10.2. The van der Waals surface area contributed by atoms with Gasteiger partial charge in [-0.05, 0) is 44.2 Å². The molecule has 0 bridgehead atoms. The second-order valence-electron chi connectivity index (χ2n) is 4.78. The minimum absolute atomic E-state index is 0.139. The molecule has 1 aliphatic heterocycles. The van der Waals surface area contributed by atoms with Gasteiger partial charge in [0.15, 0.2) is 0 Å². The lowest BCUT2D eigenvalue weighted by Crippen LogP contribution is -2.46. The molecule has 94 valence electrons. The van der Waals surface area contributed by atoms with Gasteiger partial charge >= 0.3 is 0 Å². The molecule has 0 aromatic carbocycles. The second kappa shape index (κ2) is 5.31. The zero-order chi connectivity index (χ0) is 12.3. The Balaban J connectivity index is 1.83. The minimum Gasteiger partial charge on any atom is -0.368 e. The van der Waals surface area contributed by atoms with E-state index in [0.717, 1.165) is 32.2 Å². The van der Waals surface area contributed by atoms with Crippen molar-refractivity contribution < 1.29 is 4.79 Å². The summed E-state index contributed by atoms with van der Waals surface area (Å²) in [6.45, 7) is 0.893. The van der Waals surface area contributed by atoms with E-state index in [0.29, 0.717) is 5.92 Å². The summed E-state index contributed by atoms with van der Waals surface area (Å²) in [7, 11) is 1.96. The molecule has 1 fully saturated rings. The Bertz CT molecular complexity index is 388. The third kappa shape index (κ3) is 3.06. The van der Waals surface area contributed by atoms with Crippen molar-refractivity contribution in [3.63, 3.8) is 0 Å². The highest BCUT2D eigenvalue weighted by molar-refractivity contribution is 5.79. The number of hydrogen-bond acceptors (Lipinski definition) is 3. The number of nitrogens with one attached hydrogen (secondary N) is 1. The van der Waals surface area contributed by atoms with Crippen molar-refractivity contribution in [3.05, 3.63) is 18.0 Å². The van der Waals surface area contributed by atoms with E-state index < -0.39 is 0 Å². The molecule has 17 heavy (non-hydrogen) atoms. The van der Waals surface area contributed by atoms with E-state index in [4.69, 9.17) is 5.73 Å². The number of carbonyl (C=O) groups excluding carboxylic acids is 1. The molecule has 1 saturated heterocycles. The van der Waals surface area contributed by atoms with Crippen molar-refractivity contribution in [2.75, 3.05) is 6.54 Å². The first kappa shape index (κ1) is 12.1. The van der Waals surface area contributed by atoms with Crippen molar-refractivity contribution in [2.45, 2.75) is 31.7 Å². The second-order valence-corrected chi connectivity index (χ2v) is 4.78. The molecule has 0 saturated carbocycles. The third-order valence-electron chi connectivity index (χ3n) is 3.59. The first-order chi connectivity index (χ1) is 8.16. The Morgan fingerprint density at radius 3 is 3.18 bits per heavy atom. The SMILES string of the molecule is Cn1nccc1CCC1CCNC(C(N)=O)C1. The molecule has 1 amide bonds. The number of aromatic nitrogens is 2. The summed E-state index contributed by atoms with van der Waals surface area (Å²) in [6, 6.07) is 1.91. The number of nitrogens with zero attached hydrogens (tertiary/aromatic N) is 2. The van der Waals surface area contributed by atoms with E-state index in [9.17, 15) is 4.79 Å². The predicted octanol–water partition coefficient (Wildman–Crippen LogP) is 0.206. The van der Waals surface area contributed by atoms with E-state index in [1.807, 2.05) is 24.0 Å². The fraction of sp³-hybridized carbons (Fsp3) is 0.667. The van der Waals surface area contributed by atoms with E-state index in [1.54, 1.807) is 0 Å². The van der Waals surface area contributed by atoms with Crippen molar-refractivity contribution in [3.8, 4) is 0 Å². The summed E-state index contributed by atoms with van der Waals surface area (Å²) in [6.07, 6.45) is 5.94. The highest BCUT2D eigenvalue weighted by Gasteiger charge is 2.24. The van der Waals surface area contributed by atoms with Gasteiger partial charge in [0.2, 0.25) is 5.91 Å². The molecule has 2 rings (SSSR count). The molecule has 5 heteroatoms. The van der Waals surface area contributed by atoms with Crippen LogP contribution in [0.2, 0.25) is 0 Å². The molecule has 3 N–H and O–H groups in total. The van der Waals surface area contributed by atoms with E-state index in [-0.39, 0.29) is 11.9 Å². The van der Waals surface area contributed by atoms with Gasteiger partial charge < -0.3 is 11.1 Å². The number of hydrogen-bond donors (Lipinski definition) is 2. The van der Waals surface area contributed by atoms with E-state index >= 15 is 0 Å². The normalized spacial score (nSPS) is 24.8. The number of amides is 1. The lowest BCUT2D eigenvalue weighted by atomic mass is 9.88. The van der Waals surface area contributed by atoms with Gasteiger partial charge in [-0.3, -0.25) is 9.48 Å². The van der Waals surface area contributed by atoms with Crippen LogP contribution in [-0.4, -0.2) is 28.3 Å². The van der Waals surface area contributed by atoms with Gasteiger partial charge in [-0.15, -0.1) is 0 Å². The summed E-state index contributed by atoms with van der Waals surface area (Å²) in [5.74, 6) is 0.360. The smallest absolute Gasteiger partial charge is 0.234 e. The van der Waals surface area contributed by atoms with Crippen LogP contribution < -0.4 is 11.1 Å². The van der Waals surface area contributed by atoms with Crippen molar-refractivity contribution in [2.24, 2.45) is 18.7 Å². The van der Waals surface area contributed by atoms with Crippen LogP contribution in [0.25, 0.3) is 0 Å². The molecule has 1 aromatic heterocycles. The maximum Gasteiger partial charge on any atom is 0.234 e. The number of rotatable bonds is 4. The van der Waals surface area contributed by atoms with Gasteiger partial charge in [-0.2, -0.15) is 5.10 Å². The molecular weight excluding hydrogens is 216 g/mol. The minimum atomic E-state index is -0.227. The summed E-state index contributed by atoms with van der Waals surface area (Å²) in [4.78, 5) is 11.1. The Kier molecular flexibility index (Phi) is 3.78. The van der Waals surface area contributed by atoms with Gasteiger partial charge in [-0.1, -0.05) is 0 Å². The summed E-state index contributed by atoms with van der Waals surface area (Å²) >= 11 is 0. The van der Waals surface area contributed by atoms with Gasteiger partial charge in [0.25, 0.3) is 0 Å². The third-order valence-corrected chi connectivity index (χ3v) is 3.59. The van der Waals surface area contributed by atoms with Crippen LogP contribution in [0.4, 0.5) is 0 Å². The van der Waals surface area contributed by atoms with E-state index in [2.05, 4.69) is 10.4 Å². The van der Waals surface area contributed by atoms with Gasteiger partial charge in [0.1, 0.15) is 0 Å². The first-order valence-corrected chi connectivity index (χ1v) is 6.16. The Morgan fingerprint density at radius 1 is 1.71 bits per heavy atom. The molecular formula is C12H20N4O. The van der Waals surface area contributed by atoms with E-state index in [1.165, 1.54) is 5.69 Å². The molecule has 0 radical (unpaired) electrons. The maximum absolute atomic E-state index is 11.1. The molecule has 2 heterocycles. The van der Waals surface area contributed by atoms with Crippen LogP contribution in [0.5, 0.6) is 0 Å². The highest BCUT2D eigenvalue weighted by atomic mass is 16.1. The quantitative estimate of drug-likeness (QED) is 0.784. The summed E-state index contributed by atoms with van der Waals surface area (Å²) in [5, 5.41) is 7.31. The number of aryl methyl sites for hydroxylation is 2. The van der Waals surface area contributed by atoms with Crippen molar-refractivity contribution >= 4 is 5.91 Å². The average molecular weight is 236 g/mol. The van der Waals surface area contributed by atoms with Crippen molar-refractivity contribution in [1.29, 1.82) is 0 Å². The Morgan fingerprint density at radius 2 is 2.53 bits per heavy atom. The van der Waals surface area contributed by atoms with Crippen LogP contribution in [0.3, 0.4) is 0 Å². The number of nitrogens with two attached hydrogens (primary N) is 1. The average Bonchev–Trinajstić information content (AvgIpc) is 2.72. The number of piperidine rings is 1. The summed E-state index contributed by atoms with van der Waals surface area (Å²) in [5.41, 5.74) is 6.58. The molecule has 1 aliphatic rings. The Labute approximate surface area is 101 Å². The van der Waals surface area contributed by atoms with Gasteiger partial charge in [-0.25, -0.2) is 0 Å². The van der Waals surface area contributed by atoms with Crippen LogP contribution in [-0.2, 0) is 18.3 Å². The van der Waals surface area contributed by atoms with Gasteiger partial charge in [0, 0.05) is 18.9 Å². The lowest BCUT2D eigenvalue weighted by molar-refractivity contribution is -0.120. The molecule has 0 spiro atoms. The molecule has 0 aliphatic carbocycles. The monoisotopic (exact) mass is 236 g/mol. The maximum atomic E-state index is 11.1. The molecule has 5 nitrogen and oxygen atoms in total. The predicted molar refractivity (Wildman–Crippen MR) is 65.2 cm³/mol. The van der Waals surface area contributed by atoms with Crippen LogP contribution in [0.15, 0.2) is 12.3 Å². The van der Waals surface area contributed by atoms with Crippen LogP contribution in [0.1, 0.15) is 25.0 Å². The molecule has 2 unspecified atom stereocenters. The first-order valence-electron chi connectivity index (χ1n) is 6.16.